The van der Waals surface area contributed by atoms with E-state index in [-0.39, 0.29) is 18.2 Å². The molecular weight excluding hydrogens is 350 g/mol. The maximum absolute atomic E-state index is 12.5. The fourth-order valence-electron chi connectivity index (χ4n) is 2.86. The van der Waals surface area contributed by atoms with E-state index in [4.69, 9.17) is 14.0 Å². The number of carbonyl (C=O) groups excluding carboxylic acids is 1. The Hall–Kier alpha value is -2.68. The third kappa shape index (κ3) is 5.40. The van der Waals surface area contributed by atoms with E-state index in [0.717, 1.165) is 18.6 Å². The molecule has 9 heteroatoms. The van der Waals surface area contributed by atoms with Gasteiger partial charge in [0.25, 0.3) is 0 Å². The van der Waals surface area contributed by atoms with Crippen molar-refractivity contribution in [2.75, 3.05) is 26.8 Å². The Balaban J connectivity index is 1.44. The molecule has 0 radical (unpaired) electrons. The number of methoxy groups -OCH3 is 1. The summed E-state index contributed by atoms with van der Waals surface area (Å²) in [6, 6.07) is 3.24. The van der Waals surface area contributed by atoms with Crippen LogP contribution < -0.4 is 10.1 Å². The molecule has 1 aliphatic rings. The minimum Gasteiger partial charge on any atom is -0.489 e. The van der Waals surface area contributed by atoms with Crippen LogP contribution in [0.2, 0.25) is 0 Å². The molecule has 1 N–H and O–H groups in total. The maximum atomic E-state index is 12.5. The van der Waals surface area contributed by atoms with E-state index >= 15 is 0 Å². The highest BCUT2D eigenvalue weighted by Gasteiger charge is 2.26. The predicted molar refractivity (Wildman–Crippen MR) is 96.3 cm³/mol. The molecule has 0 saturated carbocycles. The van der Waals surface area contributed by atoms with Crippen LogP contribution >= 0.6 is 0 Å². The zero-order valence-electron chi connectivity index (χ0n) is 15.6. The highest BCUT2D eigenvalue weighted by Crippen LogP contribution is 2.18. The number of hydrogen-bond acceptors (Lipinski definition) is 7. The Morgan fingerprint density at radius 3 is 2.96 bits per heavy atom. The van der Waals surface area contributed by atoms with Crippen molar-refractivity contribution in [2.45, 2.75) is 38.3 Å². The van der Waals surface area contributed by atoms with Gasteiger partial charge in [-0.3, -0.25) is 4.98 Å². The van der Waals surface area contributed by atoms with Crippen molar-refractivity contribution in [3.63, 3.8) is 0 Å². The number of amides is 2. The van der Waals surface area contributed by atoms with Crippen LogP contribution in [-0.2, 0) is 11.2 Å². The van der Waals surface area contributed by atoms with Crippen LogP contribution in [0.3, 0.4) is 0 Å². The third-order valence-electron chi connectivity index (χ3n) is 4.39. The zero-order chi connectivity index (χ0) is 19.1. The monoisotopic (exact) mass is 375 g/mol. The number of likely N-dealkylation sites (tertiary alicyclic amines) is 1. The number of nitrogens with one attached hydrogen (secondary N) is 1. The largest absolute Gasteiger partial charge is 0.489 e. The molecule has 2 aromatic rings. The van der Waals surface area contributed by atoms with Crippen LogP contribution in [0.4, 0.5) is 4.79 Å². The quantitative estimate of drug-likeness (QED) is 0.789. The van der Waals surface area contributed by atoms with Crippen molar-refractivity contribution >= 4 is 6.03 Å². The Kier molecular flexibility index (Phi) is 6.59. The summed E-state index contributed by atoms with van der Waals surface area (Å²) in [5.41, 5.74) is 0. The second kappa shape index (κ2) is 9.31. The predicted octanol–water partition coefficient (Wildman–Crippen LogP) is 1.97. The number of ether oxygens (including phenoxy) is 2. The van der Waals surface area contributed by atoms with Crippen molar-refractivity contribution in [3.8, 4) is 5.75 Å². The third-order valence-corrected chi connectivity index (χ3v) is 4.39. The first-order valence-electron chi connectivity index (χ1n) is 9.09. The highest BCUT2D eigenvalue weighted by atomic mass is 16.5. The van der Waals surface area contributed by atoms with Gasteiger partial charge < -0.3 is 24.2 Å². The van der Waals surface area contributed by atoms with Gasteiger partial charge in [0.1, 0.15) is 17.9 Å². The molecule has 2 amide bonds. The van der Waals surface area contributed by atoms with Crippen molar-refractivity contribution < 1.29 is 18.8 Å². The minimum atomic E-state index is -0.356. The smallest absolute Gasteiger partial charge is 0.318 e. The second-order valence-corrected chi connectivity index (χ2v) is 6.46. The lowest BCUT2D eigenvalue weighted by Gasteiger charge is -2.32. The summed E-state index contributed by atoms with van der Waals surface area (Å²) in [5.74, 6) is 1.72. The molecule has 27 heavy (non-hydrogen) atoms. The van der Waals surface area contributed by atoms with Gasteiger partial charge >= 0.3 is 6.03 Å². The van der Waals surface area contributed by atoms with E-state index in [1.807, 2.05) is 19.1 Å². The van der Waals surface area contributed by atoms with E-state index in [1.165, 1.54) is 0 Å². The molecule has 1 fully saturated rings. The number of piperidine rings is 1. The first-order valence-corrected chi connectivity index (χ1v) is 9.09. The minimum absolute atomic E-state index is 0.0926. The average Bonchev–Trinajstić information content (AvgIpc) is 3.17. The van der Waals surface area contributed by atoms with Gasteiger partial charge in [-0.25, -0.2) is 4.79 Å². The van der Waals surface area contributed by atoms with Gasteiger partial charge in [-0.1, -0.05) is 5.16 Å². The number of aromatic nitrogens is 3. The fourth-order valence-corrected chi connectivity index (χ4v) is 2.86. The SMILES string of the molecule is COCCc1noc(C(C)NC(=O)N2CCC(Oc3cccnc3)CC2)n1. The van der Waals surface area contributed by atoms with Crippen molar-refractivity contribution in [1.29, 1.82) is 0 Å². The number of nitrogens with zero attached hydrogens (tertiary/aromatic N) is 4. The second-order valence-electron chi connectivity index (χ2n) is 6.46. The van der Waals surface area contributed by atoms with Gasteiger partial charge in [0.05, 0.1) is 12.8 Å². The summed E-state index contributed by atoms with van der Waals surface area (Å²) in [5, 5.41) is 6.80. The number of pyridine rings is 1. The first-order chi connectivity index (χ1) is 13.2. The molecule has 3 rings (SSSR count). The van der Waals surface area contributed by atoms with E-state index in [1.54, 1.807) is 24.4 Å². The van der Waals surface area contributed by atoms with E-state index < -0.39 is 0 Å². The maximum Gasteiger partial charge on any atom is 0.318 e. The Morgan fingerprint density at radius 1 is 1.44 bits per heavy atom. The van der Waals surface area contributed by atoms with Gasteiger partial charge in [-0.2, -0.15) is 4.98 Å². The van der Waals surface area contributed by atoms with Gasteiger partial charge in [-0.05, 0) is 19.1 Å². The van der Waals surface area contributed by atoms with Crippen LogP contribution in [-0.4, -0.2) is 59.0 Å². The van der Waals surface area contributed by atoms with Crippen LogP contribution in [0.1, 0.15) is 37.5 Å². The zero-order valence-corrected chi connectivity index (χ0v) is 15.6. The summed E-state index contributed by atoms with van der Waals surface area (Å²) in [6.45, 7) is 3.61. The molecule has 9 nitrogen and oxygen atoms in total. The van der Waals surface area contributed by atoms with Crippen LogP contribution in [0.25, 0.3) is 0 Å². The first kappa shape index (κ1) is 19.1. The van der Waals surface area contributed by atoms with E-state index in [0.29, 0.717) is 37.8 Å². The Labute approximate surface area is 158 Å². The number of hydrogen-bond donors (Lipinski definition) is 1. The molecule has 146 valence electrons. The molecule has 1 atom stereocenters. The fraction of sp³-hybridized carbons (Fsp3) is 0.556. The topological polar surface area (TPSA) is 103 Å². The summed E-state index contributed by atoms with van der Waals surface area (Å²) in [7, 11) is 1.62. The average molecular weight is 375 g/mol. The number of rotatable bonds is 7. The molecule has 0 aromatic carbocycles. The summed E-state index contributed by atoms with van der Waals surface area (Å²) >= 11 is 0. The van der Waals surface area contributed by atoms with Crippen LogP contribution in [0.5, 0.6) is 5.75 Å². The standard InChI is InChI=1S/C18H25N5O4/c1-13(17-21-16(22-27-17)7-11-25-2)20-18(24)23-9-5-14(6-10-23)26-15-4-3-8-19-12-15/h3-4,8,12-14H,5-7,9-11H2,1-2H3,(H,20,24). The molecule has 1 aliphatic heterocycles. The van der Waals surface area contributed by atoms with E-state index in [2.05, 4.69) is 20.4 Å². The summed E-state index contributed by atoms with van der Waals surface area (Å²) in [4.78, 5) is 22.6. The van der Waals surface area contributed by atoms with Gasteiger partial charge in [0.2, 0.25) is 5.89 Å². The van der Waals surface area contributed by atoms with Crippen LogP contribution in [0, 0.1) is 0 Å². The molecule has 1 saturated heterocycles. The molecule has 1 unspecified atom stereocenters. The lowest BCUT2D eigenvalue weighted by molar-refractivity contribution is 0.109. The normalized spacial score (nSPS) is 16.1. The van der Waals surface area contributed by atoms with Gasteiger partial charge in [-0.15, -0.1) is 0 Å². The number of urea groups is 1. The van der Waals surface area contributed by atoms with Crippen molar-refractivity contribution in [1.82, 2.24) is 25.3 Å². The van der Waals surface area contributed by atoms with Gasteiger partial charge in [0.15, 0.2) is 5.82 Å². The van der Waals surface area contributed by atoms with Crippen molar-refractivity contribution in [3.05, 3.63) is 36.2 Å². The molecular formula is C18H25N5O4. The number of carbonyl (C=O) groups is 1. The molecule has 0 spiro atoms. The highest BCUT2D eigenvalue weighted by molar-refractivity contribution is 5.74. The van der Waals surface area contributed by atoms with E-state index in [9.17, 15) is 4.79 Å². The Bertz CT molecular complexity index is 716. The molecule has 3 heterocycles. The molecule has 0 bridgehead atoms. The van der Waals surface area contributed by atoms with Crippen molar-refractivity contribution in [2.24, 2.45) is 0 Å². The molecule has 0 aliphatic carbocycles. The lowest BCUT2D eigenvalue weighted by atomic mass is 10.1. The van der Waals surface area contributed by atoms with Gasteiger partial charge in [0, 0.05) is 45.7 Å². The Morgan fingerprint density at radius 2 is 2.26 bits per heavy atom. The van der Waals surface area contributed by atoms with Crippen LogP contribution in [0.15, 0.2) is 29.0 Å². The lowest BCUT2D eigenvalue weighted by Crippen LogP contribution is -2.47. The molecule has 2 aromatic heterocycles. The summed E-state index contributed by atoms with van der Waals surface area (Å²) < 4.78 is 16.1. The summed E-state index contributed by atoms with van der Waals surface area (Å²) in [6.07, 6.45) is 5.63.